The van der Waals surface area contributed by atoms with Crippen molar-refractivity contribution in [3.05, 3.63) is 41.2 Å². The van der Waals surface area contributed by atoms with Crippen LogP contribution >= 0.6 is 0 Å². The molecule has 0 aliphatic carbocycles. The van der Waals surface area contributed by atoms with E-state index in [1.165, 1.54) is 0 Å². The lowest BCUT2D eigenvalue weighted by molar-refractivity contribution is -0.130. The minimum absolute atomic E-state index is 0.0373. The topological polar surface area (TPSA) is 90.7 Å². The van der Waals surface area contributed by atoms with E-state index in [0.717, 1.165) is 28.5 Å². The summed E-state index contributed by atoms with van der Waals surface area (Å²) in [6.45, 7) is 7.33. The maximum absolute atomic E-state index is 12.6. The molecule has 1 unspecified atom stereocenters. The molecular formula is C23H33N3O5S. The van der Waals surface area contributed by atoms with Crippen molar-refractivity contribution in [2.75, 3.05) is 31.8 Å². The number of hydrogen-bond donors (Lipinski definition) is 0. The van der Waals surface area contributed by atoms with Crippen LogP contribution in [0.2, 0.25) is 0 Å². The van der Waals surface area contributed by atoms with Crippen LogP contribution in [0.4, 0.5) is 0 Å². The minimum Gasteiger partial charge on any atom is -0.494 e. The monoisotopic (exact) mass is 463 g/mol. The first-order chi connectivity index (χ1) is 15.2. The summed E-state index contributed by atoms with van der Waals surface area (Å²) < 4.78 is 36.6. The predicted molar refractivity (Wildman–Crippen MR) is 123 cm³/mol. The number of rotatable bonds is 10. The lowest BCUT2D eigenvalue weighted by Crippen LogP contribution is -2.27. The van der Waals surface area contributed by atoms with Gasteiger partial charge in [0.25, 0.3) is 0 Å². The highest BCUT2D eigenvalue weighted by Gasteiger charge is 2.31. The van der Waals surface area contributed by atoms with Crippen LogP contribution in [0.15, 0.2) is 24.3 Å². The summed E-state index contributed by atoms with van der Waals surface area (Å²) >= 11 is 0. The van der Waals surface area contributed by atoms with E-state index in [2.05, 4.69) is 5.10 Å². The van der Waals surface area contributed by atoms with Gasteiger partial charge in [0, 0.05) is 31.3 Å². The zero-order valence-electron chi connectivity index (χ0n) is 19.3. The quantitative estimate of drug-likeness (QED) is 0.503. The molecule has 1 aliphatic heterocycles. The van der Waals surface area contributed by atoms with Crippen molar-refractivity contribution >= 4 is 15.7 Å². The summed E-state index contributed by atoms with van der Waals surface area (Å²) in [6.07, 6.45) is 1.60. The third kappa shape index (κ3) is 6.03. The summed E-state index contributed by atoms with van der Waals surface area (Å²) in [4.78, 5) is 14.3. The fourth-order valence-electron chi connectivity index (χ4n) is 3.98. The van der Waals surface area contributed by atoms with Crippen LogP contribution in [-0.2, 0) is 21.2 Å². The molecule has 176 valence electrons. The van der Waals surface area contributed by atoms with Crippen molar-refractivity contribution in [1.82, 2.24) is 14.7 Å². The van der Waals surface area contributed by atoms with E-state index in [4.69, 9.17) is 9.47 Å². The molecule has 1 aromatic heterocycles. The summed E-state index contributed by atoms with van der Waals surface area (Å²) in [6, 6.07) is 7.33. The average Bonchev–Trinajstić information content (AvgIpc) is 3.25. The van der Waals surface area contributed by atoms with E-state index in [1.54, 1.807) is 11.9 Å². The van der Waals surface area contributed by atoms with Crippen molar-refractivity contribution in [2.45, 2.75) is 52.6 Å². The first-order valence-electron chi connectivity index (χ1n) is 11.0. The van der Waals surface area contributed by atoms with Gasteiger partial charge in [-0.2, -0.15) is 5.10 Å². The molecule has 9 heteroatoms. The first-order valence-corrected chi connectivity index (χ1v) is 12.9. The van der Waals surface area contributed by atoms with Gasteiger partial charge in [-0.15, -0.1) is 0 Å². The van der Waals surface area contributed by atoms with Crippen molar-refractivity contribution in [1.29, 1.82) is 0 Å². The molecule has 8 nitrogen and oxygen atoms in total. The van der Waals surface area contributed by atoms with Crippen LogP contribution in [0.25, 0.3) is 0 Å². The van der Waals surface area contributed by atoms with Gasteiger partial charge in [-0.1, -0.05) is 0 Å². The van der Waals surface area contributed by atoms with Crippen LogP contribution < -0.4 is 9.47 Å². The number of amides is 1. The number of hydrogen-bond acceptors (Lipinski definition) is 6. The first kappa shape index (κ1) is 24.1. The van der Waals surface area contributed by atoms with Crippen molar-refractivity contribution in [3.63, 3.8) is 0 Å². The Labute approximate surface area is 190 Å². The Morgan fingerprint density at radius 2 is 1.84 bits per heavy atom. The molecule has 0 bridgehead atoms. The van der Waals surface area contributed by atoms with Gasteiger partial charge in [0.05, 0.1) is 36.5 Å². The van der Waals surface area contributed by atoms with E-state index in [1.807, 2.05) is 49.7 Å². The van der Waals surface area contributed by atoms with Crippen LogP contribution in [0, 0.1) is 13.8 Å². The molecule has 1 aliphatic rings. The van der Waals surface area contributed by atoms with Crippen LogP contribution in [0.5, 0.6) is 11.5 Å². The zero-order valence-corrected chi connectivity index (χ0v) is 20.2. The van der Waals surface area contributed by atoms with Crippen LogP contribution in [-0.4, -0.2) is 60.8 Å². The number of benzene rings is 1. The highest BCUT2D eigenvalue weighted by Crippen LogP contribution is 2.27. The van der Waals surface area contributed by atoms with Crippen LogP contribution in [0.1, 0.15) is 49.2 Å². The molecule has 2 aromatic rings. The molecule has 0 spiro atoms. The third-order valence-corrected chi connectivity index (χ3v) is 7.54. The number of aromatic nitrogens is 2. The number of carbonyl (C=O) groups is 1. The van der Waals surface area contributed by atoms with Gasteiger partial charge in [-0.25, -0.2) is 8.42 Å². The van der Waals surface area contributed by atoms with Crippen LogP contribution in [0.3, 0.4) is 0 Å². The number of nitrogens with zero attached hydrogens (tertiary/aromatic N) is 3. The molecule has 3 rings (SSSR count). The van der Waals surface area contributed by atoms with Gasteiger partial charge in [-0.3, -0.25) is 9.48 Å². The standard InChI is InChI=1S/C23H33N3O5S/c1-5-30-20-8-10-21(11-9-20)31-13-6-7-23(27)25(4)15-22-17(2)24-26(18(22)3)19-12-14-32(28,29)16-19/h8-11,19H,5-7,12-16H2,1-4H3. The van der Waals surface area contributed by atoms with Crippen molar-refractivity contribution in [3.8, 4) is 11.5 Å². The van der Waals surface area contributed by atoms with E-state index >= 15 is 0 Å². The number of carbonyl (C=O) groups excluding carboxylic acids is 1. The van der Waals surface area contributed by atoms with Gasteiger partial charge in [-0.05, 0) is 57.9 Å². The van der Waals surface area contributed by atoms with Gasteiger partial charge < -0.3 is 14.4 Å². The van der Waals surface area contributed by atoms with Crippen molar-refractivity contribution in [2.24, 2.45) is 0 Å². The van der Waals surface area contributed by atoms with E-state index < -0.39 is 9.84 Å². The third-order valence-electron chi connectivity index (χ3n) is 5.79. The largest absolute Gasteiger partial charge is 0.494 e. The van der Waals surface area contributed by atoms with Gasteiger partial charge >= 0.3 is 0 Å². The fourth-order valence-corrected chi connectivity index (χ4v) is 5.67. The fraction of sp³-hybridized carbons (Fsp3) is 0.565. The molecule has 32 heavy (non-hydrogen) atoms. The molecule has 1 amide bonds. The van der Waals surface area contributed by atoms with Crippen molar-refractivity contribution < 1.29 is 22.7 Å². The van der Waals surface area contributed by atoms with Gasteiger partial charge in [0.2, 0.25) is 5.91 Å². The highest BCUT2D eigenvalue weighted by atomic mass is 32.2. The van der Waals surface area contributed by atoms with E-state index in [9.17, 15) is 13.2 Å². The molecule has 0 radical (unpaired) electrons. The molecule has 1 saturated heterocycles. The number of sulfone groups is 1. The molecule has 1 aromatic carbocycles. The summed E-state index contributed by atoms with van der Waals surface area (Å²) in [7, 11) is -1.20. The Morgan fingerprint density at radius 1 is 1.19 bits per heavy atom. The molecule has 2 heterocycles. The SMILES string of the molecule is CCOc1ccc(OCCCC(=O)N(C)Cc2c(C)nn(C3CCS(=O)(=O)C3)c2C)cc1. The van der Waals surface area contributed by atoms with Gasteiger partial charge in [0.15, 0.2) is 9.84 Å². The molecule has 1 fully saturated rings. The Balaban J connectivity index is 1.48. The summed E-state index contributed by atoms with van der Waals surface area (Å²) in [5, 5.41) is 4.58. The minimum atomic E-state index is -2.98. The second-order valence-electron chi connectivity index (χ2n) is 8.26. The average molecular weight is 464 g/mol. The maximum Gasteiger partial charge on any atom is 0.222 e. The normalized spacial score (nSPS) is 17.3. The zero-order chi connectivity index (χ0) is 23.3. The molecule has 1 atom stereocenters. The highest BCUT2D eigenvalue weighted by molar-refractivity contribution is 7.91. The summed E-state index contributed by atoms with van der Waals surface area (Å²) in [5.74, 6) is 1.94. The maximum atomic E-state index is 12.6. The van der Waals surface area contributed by atoms with Gasteiger partial charge in [0.1, 0.15) is 11.5 Å². The molecular weight excluding hydrogens is 430 g/mol. The van der Waals surface area contributed by atoms with E-state index in [0.29, 0.717) is 39.0 Å². The number of ether oxygens (including phenoxy) is 2. The second kappa shape index (κ2) is 10.4. The Morgan fingerprint density at radius 3 is 2.44 bits per heavy atom. The van der Waals surface area contributed by atoms with E-state index in [-0.39, 0.29) is 23.5 Å². The Bertz CT molecular complexity index is 1030. The second-order valence-corrected chi connectivity index (χ2v) is 10.5. The lowest BCUT2D eigenvalue weighted by Gasteiger charge is -2.18. The Kier molecular flexibility index (Phi) is 7.82. The lowest BCUT2D eigenvalue weighted by atomic mass is 10.1. The number of aryl methyl sites for hydroxylation is 1. The summed E-state index contributed by atoms with van der Waals surface area (Å²) in [5.41, 5.74) is 2.75. The predicted octanol–water partition coefficient (Wildman–Crippen LogP) is 3.08. The molecule has 0 saturated carbocycles. The Hall–Kier alpha value is -2.55. The molecule has 0 N–H and O–H groups in total. The smallest absolute Gasteiger partial charge is 0.222 e.